The molecule has 1 aromatic rings. The molecule has 108 valence electrons. The number of hydrogen-bond acceptors (Lipinski definition) is 2. The van der Waals surface area contributed by atoms with Crippen molar-refractivity contribution in [2.24, 2.45) is 0 Å². The molecule has 0 radical (unpaired) electrons. The number of benzene rings is 1. The second kappa shape index (κ2) is 7.02. The lowest BCUT2D eigenvalue weighted by Gasteiger charge is -2.34. The highest BCUT2D eigenvalue weighted by Gasteiger charge is 2.33. The van der Waals surface area contributed by atoms with Gasteiger partial charge in [0, 0.05) is 17.1 Å². The Morgan fingerprint density at radius 2 is 2.11 bits per heavy atom. The first-order valence-corrected chi connectivity index (χ1v) is 7.44. The van der Waals surface area contributed by atoms with Crippen LogP contribution >= 0.6 is 27.5 Å². The minimum atomic E-state index is -0.535. The van der Waals surface area contributed by atoms with E-state index in [2.05, 4.69) is 28.2 Å². The second-order valence-corrected chi connectivity index (χ2v) is 6.19. The fourth-order valence-corrected chi connectivity index (χ4v) is 2.38. The van der Waals surface area contributed by atoms with E-state index in [1.807, 2.05) is 13.8 Å². The standard InChI is InChI=1S/C14H20BrClFNO/c1-5-8-18-13(14(2,3)19-4)9-6-7-10(15)11(16)12(9)17/h6-7,13,18H,5,8H2,1-4H3. The third-order valence-electron chi connectivity index (χ3n) is 3.20. The highest BCUT2D eigenvalue weighted by atomic mass is 79.9. The Hall–Kier alpha value is -0.160. The highest BCUT2D eigenvalue weighted by molar-refractivity contribution is 9.10. The number of rotatable bonds is 6. The Balaban J connectivity index is 3.21. The zero-order valence-corrected chi connectivity index (χ0v) is 14.0. The monoisotopic (exact) mass is 351 g/mol. The fourth-order valence-electron chi connectivity index (χ4n) is 1.90. The fraction of sp³-hybridized carbons (Fsp3) is 0.571. The van der Waals surface area contributed by atoms with E-state index in [-0.39, 0.29) is 11.1 Å². The molecule has 1 atom stereocenters. The summed E-state index contributed by atoms with van der Waals surface area (Å²) in [5.74, 6) is -0.408. The normalized spacial score (nSPS) is 13.6. The molecule has 0 fully saturated rings. The molecule has 0 spiro atoms. The van der Waals surface area contributed by atoms with Crippen LogP contribution in [-0.4, -0.2) is 19.3 Å². The molecule has 0 bridgehead atoms. The van der Waals surface area contributed by atoms with Crippen molar-refractivity contribution in [3.63, 3.8) is 0 Å². The van der Waals surface area contributed by atoms with Gasteiger partial charge in [0.25, 0.3) is 0 Å². The van der Waals surface area contributed by atoms with Gasteiger partial charge in [0.1, 0.15) is 5.82 Å². The Morgan fingerprint density at radius 1 is 1.47 bits per heavy atom. The summed E-state index contributed by atoms with van der Waals surface area (Å²) in [6, 6.07) is 3.23. The topological polar surface area (TPSA) is 21.3 Å². The summed E-state index contributed by atoms with van der Waals surface area (Å²) in [4.78, 5) is 0. The van der Waals surface area contributed by atoms with Crippen molar-refractivity contribution in [3.8, 4) is 0 Å². The number of halogens is 3. The summed E-state index contributed by atoms with van der Waals surface area (Å²) in [6.45, 7) is 6.70. The molecule has 1 N–H and O–H groups in total. The van der Waals surface area contributed by atoms with E-state index in [0.717, 1.165) is 13.0 Å². The van der Waals surface area contributed by atoms with Crippen LogP contribution in [0.2, 0.25) is 5.02 Å². The molecule has 2 nitrogen and oxygen atoms in total. The highest BCUT2D eigenvalue weighted by Crippen LogP contribution is 2.35. The summed E-state index contributed by atoms with van der Waals surface area (Å²) in [5, 5.41) is 3.43. The van der Waals surface area contributed by atoms with Gasteiger partial charge in [-0.15, -0.1) is 0 Å². The number of nitrogens with one attached hydrogen (secondary N) is 1. The predicted molar refractivity (Wildman–Crippen MR) is 81.2 cm³/mol. The molecule has 1 unspecified atom stereocenters. The van der Waals surface area contributed by atoms with Crippen LogP contribution in [0.4, 0.5) is 4.39 Å². The van der Waals surface area contributed by atoms with Crippen molar-refractivity contribution in [2.45, 2.75) is 38.8 Å². The average Bonchev–Trinajstić information content (AvgIpc) is 2.38. The SMILES string of the molecule is CCCNC(c1ccc(Br)c(Cl)c1F)C(C)(C)OC. The molecular weight excluding hydrogens is 333 g/mol. The molecule has 0 saturated heterocycles. The van der Waals surface area contributed by atoms with E-state index in [1.165, 1.54) is 0 Å². The van der Waals surface area contributed by atoms with Gasteiger partial charge < -0.3 is 10.1 Å². The van der Waals surface area contributed by atoms with Crippen LogP contribution in [0.5, 0.6) is 0 Å². The van der Waals surface area contributed by atoms with Gasteiger partial charge in [-0.05, 0) is 48.8 Å². The molecule has 0 aliphatic rings. The van der Waals surface area contributed by atoms with Gasteiger partial charge >= 0.3 is 0 Å². The lowest BCUT2D eigenvalue weighted by molar-refractivity contribution is -0.0120. The first-order valence-electron chi connectivity index (χ1n) is 6.27. The summed E-state index contributed by atoms with van der Waals surface area (Å²) < 4.78 is 20.4. The minimum Gasteiger partial charge on any atom is -0.377 e. The molecule has 0 aliphatic heterocycles. The van der Waals surface area contributed by atoms with Gasteiger partial charge in [-0.25, -0.2) is 4.39 Å². The van der Waals surface area contributed by atoms with E-state index in [1.54, 1.807) is 19.2 Å². The van der Waals surface area contributed by atoms with Crippen LogP contribution in [-0.2, 0) is 4.74 Å². The van der Waals surface area contributed by atoms with E-state index < -0.39 is 11.4 Å². The largest absolute Gasteiger partial charge is 0.377 e. The van der Waals surface area contributed by atoms with Crippen molar-refractivity contribution in [3.05, 3.63) is 33.0 Å². The molecule has 5 heteroatoms. The number of hydrogen-bond donors (Lipinski definition) is 1. The smallest absolute Gasteiger partial charge is 0.147 e. The Labute approximate surface area is 127 Å². The second-order valence-electron chi connectivity index (χ2n) is 4.96. The van der Waals surface area contributed by atoms with Gasteiger partial charge in [0.05, 0.1) is 16.7 Å². The maximum absolute atomic E-state index is 14.3. The van der Waals surface area contributed by atoms with Crippen LogP contribution in [0.15, 0.2) is 16.6 Å². The molecule has 19 heavy (non-hydrogen) atoms. The third kappa shape index (κ3) is 3.91. The van der Waals surface area contributed by atoms with E-state index in [0.29, 0.717) is 10.0 Å². The average molecular weight is 353 g/mol. The minimum absolute atomic E-state index is 0.104. The van der Waals surface area contributed by atoms with Gasteiger partial charge in [-0.1, -0.05) is 24.6 Å². The third-order valence-corrected chi connectivity index (χ3v) is 4.45. The van der Waals surface area contributed by atoms with Crippen molar-refractivity contribution in [2.75, 3.05) is 13.7 Å². The molecule has 1 aromatic carbocycles. The van der Waals surface area contributed by atoms with E-state index in [4.69, 9.17) is 16.3 Å². The van der Waals surface area contributed by atoms with Crippen LogP contribution in [0, 0.1) is 5.82 Å². The van der Waals surface area contributed by atoms with Crippen LogP contribution in [0.25, 0.3) is 0 Å². The quantitative estimate of drug-likeness (QED) is 0.749. The molecule has 0 amide bonds. The van der Waals surface area contributed by atoms with Crippen LogP contribution < -0.4 is 5.32 Å². The summed E-state index contributed by atoms with van der Waals surface area (Å²) in [5.41, 5.74) is -0.0128. The summed E-state index contributed by atoms with van der Waals surface area (Å²) >= 11 is 9.19. The Kier molecular flexibility index (Phi) is 6.24. The first kappa shape index (κ1) is 16.9. The van der Waals surface area contributed by atoms with Gasteiger partial charge in [-0.3, -0.25) is 0 Å². The van der Waals surface area contributed by atoms with Crippen molar-refractivity contribution < 1.29 is 9.13 Å². The van der Waals surface area contributed by atoms with Crippen molar-refractivity contribution >= 4 is 27.5 Å². The Bertz CT molecular complexity index is 440. The summed E-state index contributed by atoms with van der Waals surface area (Å²) in [6.07, 6.45) is 0.960. The van der Waals surface area contributed by atoms with Gasteiger partial charge in [0.2, 0.25) is 0 Å². The molecule has 0 heterocycles. The number of ether oxygens (including phenoxy) is 1. The maximum Gasteiger partial charge on any atom is 0.147 e. The first-order chi connectivity index (χ1) is 8.85. The van der Waals surface area contributed by atoms with Gasteiger partial charge in [-0.2, -0.15) is 0 Å². The van der Waals surface area contributed by atoms with Crippen LogP contribution in [0.3, 0.4) is 0 Å². The summed E-state index contributed by atoms with van der Waals surface area (Å²) in [7, 11) is 1.62. The van der Waals surface area contributed by atoms with E-state index in [9.17, 15) is 4.39 Å². The number of methoxy groups -OCH3 is 1. The molecular formula is C14H20BrClFNO. The lowest BCUT2D eigenvalue weighted by Crippen LogP contribution is -2.41. The Morgan fingerprint density at radius 3 is 2.63 bits per heavy atom. The molecule has 0 aromatic heterocycles. The zero-order valence-electron chi connectivity index (χ0n) is 11.7. The lowest BCUT2D eigenvalue weighted by atomic mass is 9.91. The predicted octanol–water partition coefficient (Wildman–Crippen LogP) is 4.71. The van der Waals surface area contributed by atoms with Crippen molar-refractivity contribution in [1.82, 2.24) is 5.32 Å². The maximum atomic E-state index is 14.3. The van der Waals surface area contributed by atoms with Crippen LogP contribution in [0.1, 0.15) is 38.8 Å². The van der Waals surface area contributed by atoms with Crippen molar-refractivity contribution in [1.29, 1.82) is 0 Å². The van der Waals surface area contributed by atoms with E-state index >= 15 is 0 Å². The van der Waals surface area contributed by atoms with Gasteiger partial charge in [0.15, 0.2) is 0 Å². The molecule has 0 aliphatic carbocycles. The molecule has 1 rings (SSSR count). The zero-order chi connectivity index (χ0) is 14.6. The molecule has 0 saturated carbocycles.